The summed E-state index contributed by atoms with van der Waals surface area (Å²) in [4.78, 5) is 0. The molecule has 2 aromatic carbocycles. The van der Waals surface area contributed by atoms with Gasteiger partial charge in [0.1, 0.15) is 19.3 Å². The van der Waals surface area contributed by atoms with Gasteiger partial charge < -0.3 is 14.6 Å². The fourth-order valence-corrected chi connectivity index (χ4v) is 2.77. The van der Waals surface area contributed by atoms with E-state index in [0.29, 0.717) is 35.3 Å². The minimum Gasteiger partial charge on any atom is -0.486 e. The van der Waals surface area contributed by atoms with Gasteiger partial charge in [-0.1, -0.05) is 35.4 Å². The minimum atomic E-state index is -0.784. The van der Waals surface area contributed by atoms with Gasteiger partial charge in [0.05, 0.1) is 5.02 Å². The molecule has 21 heavy (non-hydrogen) atoms. The number of aliphatic hydroxyl groups excluding tert-OH is 1. The summed E-state index contributed by atoms with van der Waals surface area (Å²) < 4.78 is 11.1. The molecule has 1 atom stereocenters. The Balaban J connectivity index is 2.05. The topological polar surface area (TPSA) is 38.7 Å². The van der Waals surface area contributed by atoms with E-state index < -0.39 is 6.10 Å². The molecular weight excluding hydrogens is 288 g/mol. The van der Waals surface area contributed by atoms with Gasteiger partial charge in [-0.3, -0.25) is 0 Å². The molecule has 0 radical (unpaired) electrons. The Morgan fingerprint density at radius 2 is 1.67 bits per heavy atom. The van der Waals surface area contributed by atoms with Gasteiger partial charge in [-0.2, -0.15) is 0 Å². The second kappa shape index (κ2) is 5.58. The molecule has 0 bridgehead atoms. The van der Waals surface area contributed by atoms with E-state index in [9.17, 15) is 5.11 Å². The third-order valence-corrected chi connectivity index (χ3v) is 4.01. The van der Waals surface area contributed by atoms with Gasteiger partial charge >= 0.3 is 0 Å². The molecule has 4 heteroatoms. The zero-order valence-corrected chi connectivity index (χ0v) is 12.8. The van der Waals surface area contributed by atoms with Crippen LogP contribution < -0.4 is 9.47 Å². The van der Waals surface area contributed by atoms with E-state index in [-0.39, 0.29) is 0 Å². The fraction of sp³-hybridized carbons (Fsp3) is 0.294. The maximum absolute atomic E-state index is 10.7. The van der Waals surface area contributed by atoms with Gasteiger partial charge in [-0.05, 0) is 31.0 Å². The van der Waals surface area contributed by atoms with Crippen LogP contribution in [-0.2, 0) is 0 Å². The zero-order valence-electron chi connectivity index (χ0n) is 12.0. The second-order valence-electron chi connectivity index (χ2n) is 5.28. The van der Waals surface area contributed by atoms with E-state index >= 15 is 0 Å². The smallest absolute Gasteiger partial charge is 0.162 e. The number of ether oxygens (including phenoxy) is 2. The van der Waals surface area contributed by atoms with Gasteiger partial charge in [0.25, 0.3) is 0 Å². The predicted octanol–water partition coefficient (Wildman–Crippen LogP) is 3.81. The van der Waals surface area contributed by atoms with Gasteiger partial charge in [-0.25, -0.2) is 0 Å². The Kier molecular flexibility index (Phi) is 3.79. The molecular formula is C17H17ClO3. The molecule has 0 fully saturated rings. The van der Waals surface area contributed by atoms with Crippen LogP contribution in [0.4, 0.5) is 0 Å². The van der Waals surface area contributed by atoms with E-state index in [2.05, 4.69) is 0 Å². The SMILES string of the molecule is Cc1ccc(C)c(C(O)c2cc3c(cc2Cl)OCCO3)c1. The van der Waals surface area contributed by atoms with Gasteiger partial charge in [0.2, 0.25) is 0 Å². The van der Waals surface area contributed by atoms with Crippen LogP contribution in [0.5, 0.6) is 11.5 Å². The highest BCUT2D eigenvalue weighted by Crippen LogP contribution is 2.39. The predicted molar refractivity (Wildman–Crippen MR) is 82.4 cm³/mol. The molecule has 3 rings (SSSR count). The first-order valence-electron chi connectivity index (χ1n) is 6.90. The van der Waals surface area contributed by atoms with Crippen LogP contribution in [0.15, 0.2) is 30.3 Å². The molecule has 1 aliphatic heterocycles. The molecule has 3 nitrogen and oxygen atoms in total. The van der Waals surface area contributed by atoms with Crippen LogP contribution in [0.25, 0.3) is 0 Å². The standard InChI is InChI=1S/C17H17ClO3/c1-10-3-4-11(2)12(7-10)17(19)13-8-15-16(9-14(13)18)21-6-5-20-15/h3-4,7-9,17,19H,5-6H2,1-2H3. The van der Waals surface area contributed by atoms with Crippen molar-refractivity contribution in [3.63, 3.8) is 0 Å². The largest absolute Gasteiger partial charge is 0.486 e. The van der Waals surface area contributed by atoms with Crippen molar-refractivity contribution >= 4 is 11.6 Å². The highest BCUT2D eigenvalue weighted by molar-refractivity contribution is 6.31. The van der Waals surface area contributed by atoms with Crippen LogP contribution in [0.1, 0.15) is 28.4 Å². The molecule has 0 saturated carbocycles. The monoisotopic (exact) mass is 304 g/mol. The molecule has 0 saturated heterocycles. The summed E-state index contributed by atoms with van der Waals surface area (Å²) in [6.07, 6.45) is -0.784. The molecule has 0 amide bonds. The number of halogens is 1. The van der Waals surface area contributed by atoms with E-state index in [1.165, 1.54) is 0 Å². The number of hydrogen-bond donors (Lipinski definition) is 1. The van der Waals surface area contributed by atoms with Gasteiger partial charge in [0, 0.05) is 11.6 Å². The summed E-state index contributed by atoms with van der Waals surface area (Å²) in [5.41, 5.74) is 3.62. The van der Waals surface area contributed by atoms with E-state index in [1.54, 1.807) is 12.1 Å². The molecule has 0 spiro atoms. The minimum absolute atomic E-state index is 0.479. The summed E-state index contributed by atoms with van der Waals surface area (Å²) in [5.74, 6) is 1.26. The van der Waals surface area contributed by atoms with Crippen molar-refractivity contribution in [2.75, 3.05) is 13.2 Å². The summed E-state index contributed by atoms with van der Waals surface area (Å²) in [6.45, 7) is 5.00. The first-order chi connectivity index (χ1) is 10.1. The number of rotatable bonds is 2. The van der Waals surface area contributed by atoms with Crippen LogP contribution in [0, 0.1) is 13.8 Å². The maximum Gasteiger partial charge on any atom is 0.162 e. The van der Waals surface area contributed by atoms with Crippen molar-refractivity contribution in [2.24, 2.45) is 0 Å². The van der Waals surface area contributed by atoms with Crippen LogP contribution in [0.2, 0.25) is 5.02 Å². The summed E-state index contributed by atoms with van der Waals surface area (Å²) in [6, 6.07) is 9.48. The summed E-state index contributed by atoms with van der Waals surface area (Å²) in [7, 11) is 0. The molecule has 0 aliphatic carbocycles. The molecule has 0 aromatic heterocycles. The van der Waals surface area contributed by atoms with Crippen molar-refractivity contribution in [1.82, 2.24) is 0 Å². The van der Waals surface area contributed by atoms with E-state index in [0.717, 1.165) is 16.7 Å². The number of fused-ring (bicyclic) bond motifs is 1. The quantitative estimate of drug-likeness (QED) is 0.917. The highest BCUT2D eigenvalue weighted by Gasteiger charge is 2.21. The van der Waals surface area contributed by atoms with Crippen molar-refractivity contribution < 1.29 is 14.6 Å². The van der Waals surface area contributed by atoms with E-state index in [4.69, 9.17) is 21.1 Å². The Morgan fingerprint density at radius 3 is 2.38 bits per heavy atom. The molecule has 1 N–H and O–H groups in total. The molecule has 2 aromatic rings. The van der Waals surface area contributed by atoms with Crippen molar-refractivity contribution in [1.29, 1.82) is 0 Å². The molecule has 110 valence electrons. The maximum atomic E-state index is 10.7. The van der Waals surface area contributed by atoms with Crippen molar-refractivity contribution in [2.45, 2.75) is 20.0 Å². The highest BCUT2D eigenvalue weighted by atomic mass is 35.5. The van der Waals surface area contributed by atoms with Crippen LogP contribution in [-0.4, -0.2) is 18.3 Å². The lowest BCUT2D eigenvalue weighted by atomic mass is 9.95. The number of benzene rings is 2. The third-order valence-electron chi connectivity index (χ3n) is 3.69. The number of aryl methyl sites for hydroxylation is 2. The lowest BCUT2D eigenvalue weighted by Gasteiger charge is -2.22. The van der Waals surface area contributed by atoms with Crippen molar-refractivity contribution in [3.8, 4) is 11.5 Å². The van der Waals surface area contributed by atoms with Gasteiger partial charge in [-0.15, -0.1) is 0 Å². The Labute approximate surface area is 129 Å². The lowest BCUT2D eigenvalue weighted by Crippen LogP contribution is -2.16. The molecule has 1 heterocycles. The van der Waals surface area contributed by atoms with Crippen LogP contribution in [0.3, 0.4) is 0 Å². The first-order valence-corrected chi connectivity index (χ1v) is 7.28. The zero-order chi connectivity index (χ0) is 15.0. The second-order valence-corrected chi connectivity index (χ2v) is 5.69. The average Bonchev–Trinajstić information content (AvgIpc) is 2.48. The average molecular weight is 305 g/mol. The normalized spacial score (nSPS) is 14.9. The van der Waals surface area contributed by atoms with E-state index in [1.807, 2.05) is 32.0 Å². The number of aliphatic hydroxyl groups is 1. The van der Waals surface area contributed by atoms with Gasteiger partial charge in [0.15, 0.2) is 11.5 Å². The third kappa shape index (κ3) is 2.71. The Bertz CT molecular complexity index is 682. The molecule has 1 unspecified atom stereocenters. The fourth-order valence-electron chi connectivity index (χ4n) is 2.51. The van der Waals surface area contributed by atoms with Crippen LogP contribution >= 0.6 is 11.6 Å². The first kappa shape index (κ1) is 14.2. The lowest BCUT2D eigenvalue weighted by molar-refractivity contribution is 0.169. The Morgan fingerprint density at radius 1 is 1.00 bits per heavy atom. The van der Waals surface area contributed by atoms with Crippen molar-refractivity contribution in [3.05, 3.63) is 57.6 Å². The Hall–Kier alpha value is -1.71. The summed E-state index contributed by atoms with van der Waals surface area (Å²) in [5, 5.41) is 11.2. The summed E-state index contributed by atoms with van der Waals surface area (Å²) >= 11 is 6.30. The number of hydrogen-bond acceptors (Lipinski definition) is 3. The molecule has 1 aliphatic rings.